The van der Waals surface area contributed by atoms with E-state index in [2.05, 4.69) is 4.98 Å². The molecule has 1 amide bonds. The molecule has 1 aliphatic carbocycles. The standard InChI is InChI=1S/C22H23N3O4/c1-14-13-18(15-5-4-6-15)28-21(27)19(14)20(26)24-9-11-25(12-10-24)22-23-16-7-2-3-8-17(16)29-22/h2-3,7-8,13,15H,4-6,9-12H2,1H3. The summed E-state index contributed by atoms with van der Waals surface area (Å²) in [5.41, 5.74) is 1.91. The first-order chi connectivity index (χ1) is 14.1. The van der Waals surface area contributed by atoms with Crippen molar-refractivity contribution in [3.63, 3.8) is 0 Å². The van der Waals surface area contributed by atoms with E-state index in [-0.39, 0.29) is 11.5 Å². The van der Waals surface area contributed by atoms with Crippen molar-refractivity contribution >= 4 is 23.0 Å². The maximum atomic E-state index is 13.0. The SMILES string of the molecule is Cc1cc(C2CCC2)oc(=O)c1C(=O)N1CCN(c2nc3ccccc3o2)CC1. The highest BCUT2D eigenvalue weighted by Crippen LogP contribution is 2.36. The van der Waals surface area contributed by atoms with Crippen LogP contribution in [0.25, 0.3) is 11.1 Å². The maximum absolute atomic E-state index is 13.0. The fourth-order valence-electron chi connectivity index (χ4n) is 4.04. The molecule has 7 heteroatoms. The molecule has 0 atom stereocenters. The van der Waals surface area contributed by atoms with Crippen molar-refractivity contribution in [1.82, 2.24) is 9.88 Å². The molecule has 5 rings (SSSR count). The lowest BCUT2D eigenvalue weighted by atomic mass is 9.83. The molecule has 1 saturated carbocycles. The van der Waals surface area contributed by atoms with Crippen molar-refractivity contribution < 1.29 is 13.6 Å². The second-order valence-electron chi connectivity index (χ2n) is 7.87. The van der Waals surface area contributed by atoms with Gasteiger partial charge in [-0.3, -0.25) is 4.79 Å². The van der Waals surface area contributed by atoms with Crippen molar-refractivity contribution in [2.75, 3.05) is 31.1 Å². The summed E-state index contributed by atoms with van der Waals surface area (Å²) in [7, 11) is 0. The summed E-state index contributed by atoms with van der Waals surface area (Å²) in [5, 5.41) is 0. The fourth-order valence-corrected chi connectivity index (χ4v) is 4.04. The van der Waals surface area contributed by atoms with Gasteiger partial charge in [-0.1, -0.05) is 18.6 Å². The van der Waals surface area contributed by atoms with E-state index in [0.717, 1.165) is 29.7 Å². The van der Waals surface area contributed by atoms with Gasteiger partial charge in [-0.2, -0.15) is 4.98 Å². The van der Waals surface area contributed by atoms with Crippen LogP contribution in [-0.4, -0.2) is 42.0 Å². The number of piperazine rings is 1. The molecule has 0 radical (unpaired) electrons. The van der Waals surface area contributed by atoms with E-state index in [1.54, 1.807) is 4.90 Å². The number of fused-ring (bicyclic) bond motifs is 1. The first kappa shape index (κ1) is 18.0. The second kappa shape index (κ2) is 7.06. The van der Waals surface area contributed by atoms with E-state index in [4.69, 9.17) is 8.83 Å². The summed E-state index contributed by atoms with van der Waals surface area (Å²) >= 11 is 0. The number of para-hydroxylation sites is 2. The topological polar surface area (TPSA) is 79.8 Å². The van der Waals surface area contributed by atoms with Gasteiger partial charge in [0.1, 0.15) is 16.8 Å². The first-order valence-electron chi connectivity index (χ1n) is 10.1. The van der Waals surface area contributed by atoms with Gasteiger partial charge >= 0.3 is 5.63 Å². The number of hydrogen-bond acceptors (Lipinski definition) is 6. The Labute approximate surface area is 167 Å². The molecular weight excluding hydrogens is 370 g/mol. The molecule has 1 aromatic carbocycles. The largest absolute Gasteiger partial charge is 0.427 e. The number of aryl methyl sites for hydroxylation is 1. The molecule has 1 aliphatic heterocycles. The highest BCUT2D eigenvalue weighted by atomic mass is 16.4. The van der Waals surface area contributed by atoms with E-state index in [0.29, 0.717) is 43.7 Å². The van der Waals surface area contributed by atoms with Gasteiger partial charge in [0.05, 0.1) is 0 Å². The number of nitrogens with zero attached hydrogens (tertiary/aromatic N) is 3. The minimum absolute atomic E-state index is 0.156. The van der Waals surface area contributed by atoms with Crippen molar-refractivity contribution in [2.45, 2.75) is 32.1 Å². The van der Waals surface area contributed by atoms with Crippen molar-refractivity contribution in [2.24, 2.45) is 0 Å². The van der Waals surface area contributed by atoms with E-state index in [1.165, 1.54) is 6.42 Å². The van der Waals surface area contributed by atoms with E-state index >= 15 is 0 Å². The Morgan fingerprint density at radius 2 is 1.86 bits per heavy atom. The number of benzene rings is 1. The van der Waals surface area contributed by atoms with Gasteiger partial charge in [0.15, 0.2) is 5.58 Å². The van der Waals surface area contributed by atoms with Crippen molar-refractivity contribution in [3.8, 4) is 0 Å². The smallest absolute Gasteiger partial charge is 0.349 e. The normalized spacial score (nSPS) is 17.6. The van der Waals surface area contributed by atoms with Gasteiger partial charge in [0.2, 0.25) is 0 Å². The molecular formula is C22H23N3O4. The first-order valence-corrected chi connectivity index (χ1v) is 10.1. The van der Waals surface area contributed by atoms with Crippen LogP contribution >= 0.6 is 0 Å². The summed E-state index contributed by atoms with van der Waals surface area (Å²) in [6.45, 7) is 4.02. The lowest BCUT2D eigenvalue weighted by Gasteiger charge is -2.34. The van der Waals surface area contributed by atoms with Crippen LogP contribution in [0.4, 0.5) is 6.01 Å². The number of amides is 1. The predicted molar refractivity (Wildman–Crippen MR) is 108 cm³/mol. The summed E-state index contributed by atoms with van der Waals surface area (Å²) in [5.74, 6) is 0.787. The third-order valence-electron chi connectivity index (χ3n) is 6.01. The number of carbonyl (C=O) groups is 1. The molecule has 0 unspecified atom stereocenters. The molecule has 3 heterocycles. The Balaban J connectivity index is 1.30. The minimum Gasteiger partial charge on any atom is -0.427 e. The zero-order chi connectivity index (χ0) is 20.0. The average molecular weight is 393 g/mol. The van der Waals surface area contributed by atoms with Gasteiger partial charge < -0.3 is 18.6 Å². The molecule has 150 valence electrons. The molecule has 0 spiro atoms. The Morgan fingerprint density at radius 3 is 2.52 bits per heavy atom. The van der Waals surface area contributed by atoms with E-state index in [1.807, 2.05) is 42.2 Å². The average Bonchev–Trinajstić information content (AvgIpc) is 3.10. The number of oxazole rings is 1. The third kappa shape index (κ3) is 3.20. The van der Waals surface area contributed by atoms with Gasteiger partial charge in [-0.15, -0.1) is 0 Å². The van der Waals surface area contributed by atoms with Crippen LogP contribution in [0, 0.1) is 6.92 Å². The molecule has 2 aromatic heterocycles. The van der Waals surface area contributed by atoms with Crippen LogP contribution in [-0.2, 0) is 0 Å². The lowest BCUT2D eigenvalue weighted by Crippen LogP contribution is -2.49. The fraction of sp³-hybridized carbons (Fsp3) is 0.409. The van der Waals surface area contributed by atoms with Crippen LogP contribution < -0.4 is 10.5 Å². The molecule has 1 saturated heterocycles. The number of aromatic nitrogens is 1. The highest BCUT2D eigenvalue weighted by molar-refractivity contribution is 5.95. The zero-order valence-electron chi connectivity index (χ0n) is 16.4. The quantitative estimate of drug-likeness (QED) is 0.679. The Hall–Kier alpha value is -3.09. The maximum Gasteiger partial charge on any atom is 0.349 e. The highest BCUT2D eigenvalue weighted by Gasteiger charge is 2.29. The molecule has 7 nitrogen and oxygen atoms in total. The zero-order valence-corrected chi connectivity index (χ0v) is 16.4. The van der Waals surface area contributed by atoms with Crippen LogP contribution in [0.2, 0.25) is 0 Å². The molecule has 2 aliphatic rings. The third-order valence-corrected chi connectivity index (χ3v) is 6.01. The summed E-state index contributed by atoms with van der Waals surface area (Å²) < 4.78 is 11.3. The number of rotatable bonds is 3. The van der Waals surface area contributed by atoms with Crippen LogP contribution in [0.5, 0.6) is 0 Å². The molecule has 29 heavy (non-hydrogen) atoms. The summed E-state index contributed by atoms with van der Waals surface area (Å²) in [6.07, 6.45) is 3.26. The lowest BCUT2D eigenvalue weighted by molar-refractivity contribution is 0.0738. The number of anilines is 1. The van der Waals surface area contributed by atoms with Crippen molar-refractivity contribution in [1.29, 1.82) is 0 Å². The Kier molecular flexibility index (Phi) is 4.38. The van der Waals surface area contributed by atoms with Gasteiger partial charge in [0.25, 0.3) is 11.9 Å². The predicted octanol–water partition coefficient (Wildman–Crippen LogP) is 3.32. The van der Waals surface area contributed by atoms with Gasteiger partial charge in [-0.25, -0.2) is 4.79 Å². The number of hydrogen-bond donors (Lipinski definition) is 0. The second-order valence-corrected chi connectivity index (χ2v) is 7.87. The van der Waals surface area contributed by atoms with Gasteiger partial charge in [-0.05, 0) is 43.5 Å². The monoisotopic (exact) mass is 393 g/mol. The Morgan fingerprint density at radius 1 is 1.10 bits per heavy atom. The Bertz CT molecular complexity index is 1090. The van der Waals surface area contributed by atoms with Crippen LogP contribution in [0.3, 0.4) is 0 Å². The molecule has 0 N–H and O–H groups in total. The van der Waals surface area contributed by atoms with E-state index < -0.39 is 5.63 Å². The van der Waals surface area contributed by atoms with Crippen molar-refractivity contribution in [3.05, 3.63) is 57.6 Å². The molecule has 2 fully saturated rings. The van der Waals surface area contributed by atoms with Crippen LogP contribution in [0.15, 0.2) is 44.0 Å². The summed E-state index contributed by atoms with van der Waals surface area (Å²) in [6, 6.07) is 10.1. The van der Waals surface area contributed by atoms with E-state index in [9.17, 15) is 9.59 Å². The molecule has 0 bridgehead atoms. The van der Waals surface area contributed by atoms with Crippen LogP contribution in [0.1, 0.15) is 46.9 Å². The summed E-state index contributed by atoms with van der Waals surface area (Å²) in [4.78, 5) is 33.8. The van der Waals surface area contributed by atoms with Gasteiger partial charge in [0, 0.05) is 32.1 Å². The molecule has 3 aromatic rings. The minimum atomic E-state index is -0.515. The number of carbonyl (C=O) groups excluding carboxylic acids is 1.